The molecule has 0 N–H and O–H groups in total. The molecule has 2 aromatic rings. The van der Waals surface area contributed by atoms with Crippen molar-refractivity contribution in [2.45, 2.75) is 32.9 Å². The number of nitrogens with zero attached hydrogens (tertiary/aromatic N) is 3. The third-order valence-electron chi connectivity index (χ3n) is 5.48. The van der Waals surface area contributed by atoms with E-state index in [1.807, 2.05) is 26.0 Å². The van der Waals surface area contributed by atoms with Gasteiger partial charge in [-0.2, -0.15) is 13.2 Å². The molecule has 0 aliphatic carbocycles. The molecule has 0 saturated carbocycles. The highest BCUT2D eigenvalue weighted by atomic mass is 35.5. The molecule has 1 aromatic heterocycles. The average molecular weight is 454 g/mol. The van der Waals surface area contributed by atoms with Crippen molar-refractivity contribution in [3.8, 4) is 0 Å². The number of piperazine rings is 1. The van der Waals surface area contributed by atoms with Gasteiger partial charge in [0.25, 0.3) is 0 Å². The Morgan fingerprint density at radius 2 is 1.71 bits per heavy atom. The number of hydrogen-bond acceptors (Lipinski definition) is 4. The number of hydrogen-bond donors (Lipinski definition) is 0. The Morgan fingerprint density at radius 3 is 2.29 bits per heavy atom. The minimum atomic E-state index is -4.50. The lowest BCUT2D eigenvalue weighted by Gasteiger charge is -2.35. The van der Waals surface area contributed by atoms with Crippen LogP contribution in [0.1, 0.15) is 39.9 Å². The molecule has 1 aromatic carbocycles. The van der Waals surface area contributed by atoms with Crippen LogP contribution in [0.4, 0.5) is 19.0 Å². The Balaban J connectivity index is 1.53. The molecule has 0 unspecified atom stereocenters. The molecular formula is C22H23ClF3N3O2. The zero-order chi connectivity index (χ0) is 22.8. The number of carbonyl (C=O) groups excluding carboxylic acids is 2. The van der Waals surface area contributed by atoms with E-state index in [1.165, 1.54) is 0 Å². The molecule has 1 aliphatic rings. The van der Waals surface area contributed by atoms with Gasteiger partial charge in [0.15, 0.2) is 5.78 Å². The van der Waals surface area contributed by atoms with Crippen LogP contribution in [0.3, 0.4) is 0 Å². The number of pyridine rings is 1. The molecule has 1 amide bonds. The molecule has 0 radical (unpaired) electrons. The van der Waals surface area contributed by atoms with Gasteiger partial charge in [-0.1, -0.05) is 23.7 Å². The van der Waals surface area contributed by atoms with Crippen molar-refractivity contribution in [3.05, 3.63) is 57.7 Å². The van der Waals surface area contributed by atoms with Crippen LogP contribution >= 0.6 is 11.6 Å². The van der Waals surface area contributed by atoms with Crippen LogP contribution in [-0.4, -0.2) is 47.8 Å². The Bertz CT molecular complexity index is 986. The van der Waals surface area contributed by atoms with Gasteiger partial charge in [0.1, 0.15) is 5.82 Å². The van der Waals surface area contributed by atoms with Crippen LogP contribution in [0.15, 0.2) is 30.5 Å². The van der Waals surface area contributed by atoms with Crippen LogP contribution in [0.5, 0.6) is 0 Å². The van der Waals surface area contributed by atoms with Crippen molar-refractivity contribution >= 4 is 29.1 Å². The summed E-state index contributed by atoms with van der Waals surface area (Å²) >= 11 is 6.01. The number of rotatable bonds is 5. The van der Waals surface area contributed by atoms with E-state index in [0.717, 1.165) is 23.4 Å². The fourth-order valence-electron chi connectivity index (χ4n) is 3.42. The second-order valence-electron chi connectivity index (χ2n) is 7.62. The van der Waals surface area contributed by atoms with E-state index in [-0.39, 0.29) is 35.4 Å². The molecule has 166 valence electrons. The Kier molecular flexibility index (Phi) is 6.89. The fraction of sp³-hybridized carbons (Fsp3) is 0.409. The Morgan fingerprint density at radius 1 is 1.03 bits per heavy atom. The van der Waals surface area contributed by atoms with E-state index in [9.17, 15) is 22.8 Å². The molecule has 9 heteroatoms. The normalized spacial score (nSPS) is 14.6. The largest absolute Gasteiger partial charge is 0.417 e. The minimum absolute atomic E-state index is 0.0733. The predicted molar refractivity (Wildman–Crippen MR) is 113 cm³/mol. The van der Waals surface area contributed by atoms with E-state index in [2.05, 4.69) is 4.98 Å². The lowest BCUT2D eigenvalue weighted by atomic mass is 10.0. The molecule has 1 saturated heterocycles. The second kappa shape index (κ2) is 9.26. The van der Waals surface area contributed by atoms with E-state index in [4.69, 9.17) is 11.6 Å². The molecule has 1 aliphatic heterocycles. The van der Waals surface area contributed by atoms with Crippen LogP contribution in [-0.2, 0) is 11.0 Å². The minimum Gasteiger partial charge on any atom is -0.352 e. The number of benzene rings is 1. The number of anilines is 1. The standard InChI is InChI=1S/C22H23ClF3N3O2/c1-14-3-4-16(11-15(14)2)19(30)5-6-20(31)28-7-9-29(10-8-28)21-18(23)12-17(13-27-21)22(24,25)26/h3-4,11-13H,5-10H2,1-2H3. The average Bonchev–Trinajstić information content (AvgIpc) is 2.73. The summed E-state index contributed by atoms with van der Waals surface area (Å²) in [5.74, 6) is 0.0748. The van der Waals surface area contributed by atoms with Crippen molar-refractivity contribution < 1.29 is 22.8 Å². The second-order valence-corrected chi connectivity index (χ2v) is 8.02. The summed E-state index contributed by atoms with van der Waals surface area (Å²) in [6, 6.07) is 6.36. The highest BCUT2D eigenvalue weighted by molar-refractivity contribution is 6.33. The summed E-state index contributed by atoms with van der Waals surface area (Å²) in [7, 11) is 0. The number of aryl methyl sites for hydroxylation is 2. The lowest BCUT2D eigenvalue weighted by molar-refractivity contribution is -0.137. The third kappa shape index (κ3) is 5.55. The molecule has 2 heterocycles. The van der Waals surface area contributed by atoms with E-state index in [1.54, 1.807) is 15.9 Å². The van der Waals surface area contributed by atoms with Crippen molar-refractivity contribution in [1.82, 2.24) is 9.88 Å². The van der Waals surface area contributed by atoms with Gasteiger partial charge in [0, 0.05) is 50.8 Å². The third-order valence-corrected chi connectivity index (χ3v) is 5.75. The number of alkyl halides is 3. The monoisotopic (exact) mass is 453 g/mol. The van der Waals surface area contributed by atoms with Crippen LogP contribution < -0.4 is 4.90 Å². The van der Waals surface area contributed by atoms with Crippen LogP contribution in [0, 0.1) is 13.8 Å². The molecule has 1 fully saturated rings. The first-order valence-corrected chi connectivity index (χ1v) is 10.3. The van der Waals surface area contributed by atoms with Crippen LogP contribution in [0.2, 0.25) is 5.02 Å². The van der Waals surface area contributed by atoms with Crippen LogP contribution in [0.25, 0.3) is 0 Å². The zero-order valence-corrected chi connectivity index (χ0v) is 18.1. The molecule has 0 atom stereocenters. The molecule has 0 spiro atoms. The van der Waals surface area contributed by atoms with Gasteiger partial charge in [0.2, 0.25) is 5.91 Å². The number of amides is 1. The molecule has 0 bridgehead atoms. The number of ketones is 1. The molecule has 5 nitrogen and oxygen atoms in total. The number of halogens is 4. The summed E-state index contributed by atoms with van der Waals surface area (Å²) in [5, 5.41) is -0.0754. The van der Waals surface area contributed by atoms with Crippen molar-refractivity contribution in [2.24, 2.45) is 0 Å². The summed E-state index contributed by atoms with van der Waals surface area (Å²) in [5.41, 5.74) is 1.84. The maximum Gasteiger partial charge on any atom is 0.417 e. The fourth-order valence-corrected chi connectivity index (χ4v) is 3.71. The number of Topliss-reactive ketones (excluding diaryl/α,β-unsaturated/α-hetero) is 1. The quantitative estimate of drug-likeness (QED) is 0.617. The number of aromatic nitrogens is 1. The van der Waals surface area contributed by atoms with Gasteiger partial charge in [-0.05, 0) is 37.1 Å². The number of carbonyl (C=O) groups is 2. The SMILES string of the molecule is Cc1ccc(C(=O)CCC(=O)N2CCN(c3ncc(C(F)(F)F)cc3Cl)CC2)cc1C. The summed E-state index contributed by atoms with van der Waals surface area (Å²) in [4.78, 5) is 32.2. The summed E-state index contributed by atoms with van der Waals surface area (Å²) in [6.07, 6.45) is -3.50. The van der Waals surface area contributed by atoms with E-state index >= 15 is 0 Å². The van der Waals surface area contributed by atoms with Crippen molar-refractivity contribution in [1.29, 1.82) is 0 Å². The first-order chi connectivity index (χ1) is 14.6. The van der Waals surface area contributed by atoms with Gasteiger partial charge in [-0.15, -0.1) is 0 Å². The summed E-state index contributed by atoms with van der Waals surface area (Å²) in [6.45, 7) is 5.48. The van der Waals surface area contributed by atoms with Gasteiger partial charge < -0.3 is 9.80 Å². The van der Waals surface area contributed by atoms with E-state index in [0.29, 0.717) is 31.7 Å². The highest BCUT2D eigenvalue weighted by Crippen LogP contribution is 2.33. The maximum absolute atomic E-state index is 12.8. The first kappa shape index (κ1) is 23.1. The lowest BCUT2D eigenvalue weighted by Crippen LogP contribution is -2.49. The molecular weight excluding hydrogens is 431 g/mol. The van der Waals surface area contributed by atoms with E-state index < -0.39 is 11.7 Å². The smallest absolute Gasteiger partial charge is 0.352 e. The highest BCUT2D eigenvalue weighted by Gasteiger charge is 2.32. The molecule has 31 heavy (non-hydrogen) atoms. The topological polar surface area (TPSA) is 53.5 Å². The Labute approximate surface area is 183 Å². The predicted octanol–water partition coefficient (Wildman–Crippen LogP) is 4.68. The zero-order valence-electron chi connectivity index (χ0n) is 17.3. The molecule has 3 rings (SSSR count). The van der Waals surface area contributed by atoms with Crippen molar-refractivity contribution in [2.75, 3.05) is 31.1 Å². The van der Waals surface area contributed by atoms with Crippen molar-refractivity contribution in [3.63, 3.8) is 0 Å². The van der Waals surface area contributed by atoms with Gasteiger partial charge in [0.05, 0.1) is 10.6 Å². The summed E-state index contributed by atoms with van der Waals surface area (Å²) < 4.78 is 38.3. The van der Waals surface area contributed by atoms with Gasteiger partial charge >= 0.3 is 6.18 Å². The first-order valence-electron chi connectivity index (χ1n) is 9.92. The Hall–Kier alpha value is -2.61. The van der Waals surface area contributed by atoms with Gasteiger partial charge in [-0.3, -0.25) is 9.59 Å². The maximum atomic E-state index is 12.8. The van der Waals surface area contributed by atoms with Gasteiger partial charge in [-0.25, -0.2) is 4.98 Å².